The highest BCUT2D eigenvalue weighted by Crippen LogP contribution is 2.46. The molecule has 0 amide bonds. The van der Waals surface area contributed by atoms with Gasteiger partial charge in [-0.25, -0.2) is 4.39 Å². The first-order valence-corrected chi connectivity index (χ1v) is 10.4. The summed E-state index contributed by atoms with van der Waals surface area (Å²) < 4.78 is 20.3. The second kappa shape index (κ2) is 7.22. The number of anilines is 1. The molecule has 4 atom stereocenters. The van der Waals surface area contributed by atoms with E-state index in [9.17, 15) is 9.50 Å². The zero-order valence-electron chi connectivity index (χ0n) is 16.9. The Bertz CT molecular complexity index is 927. The zero-order valence-corrected chi connectivity index (χ0v) is 16.9. The molecule has 2 fully saturated rings. The number of halogens is 1. The molecule has 7 heteroatoms. The summed E-state index contributed by atoms with van der Waals surface area (Å²) in [4.78, 5) is 2.02. The molecule has 0 radical (unpaired) electrons. The van der Waals surface area contributed by atoms with Crippen molar-refractivity contribution in [2.24, 2.45) is 0 Å². The Balaban J connectivity index is 1.56. The molecule has 3 aliphatic rings. The average Bonchev–Trinajstić information content (AvgIpc) is 3.03. The number of rotatable bonds is 3. The Morgan fingerprint density at radius 2 is 2.10 bits per heavy atom. The lowest BCUT2D eigenvalue weighted by atomic mass is 9.92. The monoisotopic (exact) mass is 398 g/mol. The van der Waals surface area contributed by atoms with E-state index in [0.29, 0.717) is 13.0 Å². The van der Waals surface area contributed by atoms with Gasteiger partial charge in [0.1, 0.15) is 11.9 Å². The number of piperidine rings is 1. The summed E-state index contributed by atoms with van der Waals surface area (Å²) in [6.07, 6.45) is 2.70. The van der Waals surface area contributed by atoms with Crippen LogP contribution in [0.1, 0.15) is 42.1 Å². The molecule has 0 spiro atoms. The minimum atomic E-state index is -0.832. The number of nitrogens with zero attached hydrogens (tertiary/aromatic N) is 3. The van der Waals surface area contributed by atoms with Gasteiger partial charge in [0.15, 0.2) is 5.82 Å². The predicted molar refractivity (Wildman–Crippen MR) is 109 cm³/mol. The molecule has 3 aliphatic heterocycles. The van der Waals surface area contributed by atoms with Crippen molar-refractivity contribution in [1.82, 2.24) is 15.1 Å². The summed E-state index contributed by atoms with van der Waals surface area (Å²) in [6.45, 7) is 3.24. The SMILES string of the molecule is Cc1cc(O)ccc1-c1nnc(N[C@@H]2C[C@@H](F)CN(C)C2)c2c1C[C@H]1CC[C@@H]2O1. The Morgan fingerprint density at radius 1 is 1.24 bits per heavy atom. The van der Waals surface area contributed by atoms with Crippen molar-refractivity contribution in [2.45, 2.75) is 57.0 Å². The van der Waals surface area contributed by atoms with Crippen LogP contribution in [0.15, 0.2) is 18.2 Å². The molecule has 1 aromatic heterocycles. The maximum Gasteiger partial charge on any atom is 0.155 e. The maximum atomic E-state index is 14.1. The lowest BCUT2D eigenvalue weighted by molar-refractivity contribution is 0.0325. The van der Waals surface area contributed by atoms with Gasteiger partial charge in [-0.3, -0.25) is 0 Å². The molecular weight excluding hydrogens is 371 g/mol. The number of likely N-dealkylation sites (N-methyl/N-ethyl adjacent to an activating group) is 1. The average molecular weight is 398 g/mol. The number of aryl methyl sites for hydroxylation is 1. The second-order valence-corrected chi connectivity index (χ2v) is 8.71. The topological polar surface area (TPSA) is 70.5 Å². The van der Waals surface area contributed by atoms with E-state index in [1.54, 1.807) is 12.1 Å². The summed E-state index contributed by atoms with van der Waals surface area (Å²) in [7, 11) is 1.95. The molecule has 0 aliphatic carbocycles. The van der Waals surface area contributed by atoms with E-state index in [-0.39, 0.29) is 24.0 Å². The van der Waals surface area contributed by atoms with Gasteiger partial charge in [0.25, 0.3) is 0 Å². The van der Waals surface area contributed by atoms with E-state index in [4.69, 9.17) is 4.74 Å². The van der Waals surface area contributed by atoms with E-state index < -0.39 is 6.17 Å². The minimum Gasteiger partial charge on any atom is -0.508 e. The number of hydrogen-bond donors (Lipinski definition) is 2. The largest absolute Gasteiger partial charge is 0.508 e. The van der Waals surface area contributed by atoms with E-state index >= 15 is 0 Å². The quantitative estimate of drug-likeness (QED) is 0.826. The fourth-order valence-electron chi connectivity index (χ4n) is 5.12. The number of ether oxygens (including phenoxy) is 1. The van der Waals surface area contributed by atoms with Gasteiger partial charge in [0, 0.05) is 43.1 Å². The maximum absolute atomic E-state index is 14.1. The van der Waals surface area contributed by atoms with Gasteiger partial charge < -0.3 is 20.1 Å². The van der Waals surface area contributed by atoms with Crippen LogP contribution in [0.5, 0.6) is 5.75 Å². The Labute approximate surface area is 170 Å². The molecule has 2 N–H and O–H groups in total. The molecular formula is C22H27FN4O2. The van der Waals surface area contributed by atoms with Crippen LogP contribution in [0, 0.1) is 6.92 Å². The van der Waals surface area contributed by atoms with Crippen molar-refractivity contribution < 1.29 is 14.2 Å². The first-order chi connectivity index (χ1) is 14.0. The summed E-state index contributed by atoms with van der Waals surface area (Å²) in [5.74, 6) is 0.981. The lowest BCUT2D eigenvalue weighted by Crippen LogP contribution is -2.45. The molecule has 29 heavy (non-hydrogen) atoms. The standard InChI is InChI=1S/C22H27FN4O2/c1-12-7-15(28)3-5-17(12)21-18-9-16-4-6-19(29-16)20(18)22(26-25-21)24-14-8-13(23)10-27(2)11-14/h3,5,7,13-14,16,19,28H,4,6,8-11H2,1-2H3,(H,24,26)/t13-,14-,16-,19+/m1/s1. The van der Waals surface area contributed by atoms with Crippen molar-refractivity contribution in [1.29, 1.82) is 0 Å². The summed E-state index contributed by atoms with van der Waals surface area (Å²) in [5, 5.41) is 22.4. The molecule has 2 saturated heterocycles. The Hall–Kier alpha value is -2.25. The number of hydrogen-bond acceptors (Lipinski definition) is 6. The number of likely N-dealkylation sites (tertiary alicyclic amines) is 1. The van der Waals surface area contributed by atoms with Crippen LogP contribution < -0.4 is 5.32 Å². The number of nitrogens with one attached hydrogen (secondary N) is 1. The van der Waals surface area contributed by atoms with Crippen LogP contribution in [0.3, 0.4) is 0 Å². The molecule has 2 aromatic rings. The smallest absolute Gasteiger partial charge is 0.155 e. The number of alkyl halides is 1. The number of phenols is 1. The molecule has 0 unspecified atom stereocenters. The lowest BCUT2D eigenvalue weighted by Gasteiger charge is -2.34. The van der Waals surface area contributed by atoms with E-state index in [1.807, 2.05) is 24.9 Å². The highest BCUT2D eigenvalue weighted by atomic mass is 19.1. The first-order valence-electron chi connectivity index (χ1n) is 10.4. The van der Waals surface area contributed by atoms with Crippen LogP contribution in [0.2, 0.25) is 0 Å². The third kappa shape index (κ3) is 3.46. The van der Waals surface area contributed by atoms with Gasteiger partial charge in [-0.05, 0) is 56.1 Å². The van der Waals surface area contributed by atoms with Gasteiger partial charge in [0.2, 0.25) is 0 Å². The molecule has 1 aromatic carbocycles. The highest BCUT2D eigenvalue weighted by molar-refractivity contribution is 5.71. The summed E-state index contributed by atoms with van der Waals surface area (Å²) in [5.41, 5.74) is 5.08. The Morgan fingerprint density at radius 3 is 2.90 bits per heavy atom. The number of aromatic hydroxyl groups is 1. The molecule has 4 heterocycles. The normalized spacial score (nSPS) is 28.9. The van der Waals surface area contributed by atoms with Crippen LogP contribution in [-0.2, 0) is 11.2 Å². The van der Waals surface area contributed by atoms with Crippen molar-refractivity contribution in [3.8, 4) is 17.0 Å². The second-order valence-electron chi connectivity index (χ2n) is 8.71. The van der Waals surface area contributed by atoms with Crippen molar-refractivity contribution >= 4 is 5.82 Å². The molecule has 6 nitrogen and oxygen atoms in total. The zero-order chi connectivity index (χ0) is 20.1. The highest BCUT2D eigenvalue weighted by Gasteiger charge is 2.39. The summed E-state index contributed by atoms with van der Waals surface area (Å²) in [6, 6.07) is 5.35. The Kier molecular flexibility index (Phi) is 4.67. The van der Waals surface area contributed by atoms with Crippen molar-refractivity contribution in [3.63, 3.8) is 0 Å². The van der Waals surface area contributed by atoms with Crippen LogP contribution in [-0.4, -0.2) is 58.7 Å². The fraction of sp³-hybridized carbons (Fsp3) is 0.545. The van der Waals surface area contributed by atoms with Gasteiger partial charge in [0.05, 0.1) is 17.9 Å². The van der Waals surface area contributed by atoms with E-state index in [1.165, 1.54) is 5.56 Å². The van der Waals surface area contributed by atoms with Crippen LogP contribution >= 0.6 is 0 Å². The van der Waals surface area contributed by atoms with Gasteiger partial charge in [-0.1, -0.05) is 0 Å². The third-order valence-corrected chi connectivity index (χ3v) is 6.37. The van der Waals surface area contributed by atoms with Crippen LogP contribution in [0.25, 0.3) is 11.3 Å². The number of phenolic OH excluding ortho intramolecular Hbond substituents is 1. The number of benzene rings is 1. The van der Waals surface area contributed by atoms with Gasteiger partial charge in [-0.2, -0.15) is 0 Å². The third-order valence-electron chi connectivity index (χ3n) is 6.37. The van der Waals surface area contributed by atoms with E-state index in [0.717, 1.165) is 54.0 Å². The summed E-state index contributed by atoms with van der Waals surface area (Å²) >= 11 is 0. The number of fused-ring (bicyclic) bond motifs is 4. The van der Waals surface area contributed by atoms with Crippen molar-refractivity contribution in [2.75, 3.05) is 25.5 Å². The van der Waals surface area contributed by atoms with E-state index in [2.05, 4.69) is 15.5 Å². The van der Waals surface area contributed by atoms with Gasteiger partial charge >= 0.3 is 0 Å². The molecule has 154 valence electrons. The fourth-order valence-corrected chi connectivity index (χ4v) is 5.12. The van der Waals surface area contributed by atoms with Crippen molar-refractivity contribution in [3.05, 3.63) is 34.9 Å². The minimum absolute atomic E-state index is 0.00235. The molecule has 2 bridgehead atoms. The predicted octanol–water partition coefficient (Wildman–Crippen LogP) is 3.39. The van der Waals surface area contributed by atoms with Gasteiger partial charge in [-0.15, -0.1) is 10.2 Å². The first kappa shape index (κ1) is 18.8. The molecule has 5 rings (SSSR count). The molecule has 0 saturated carbocycles. The van der Waals surface area contributed by atoms with Crippen LogP contribution in [0.4, 0.5) is 10.2 Å². The number of aromatic nitrogens is 2.